The first-order valence-electron chi connectivity index (χ1n) is 7.86. The van der Waals surface area contributed by atoms with Crippen molar-refractivity contribution in [3.63, 3.8) is 0 Å². The van der Waals surface area contributed by atoms with Crippen molar-refractivity contribution in [1.82, 2.24) is 4.90 Å². The number of carbonyl (C=O) groups excluding carboxylic acids is 1. The van der Waals surface area contributed by atoms with Crippen LogP contribution in [-0.4, -0.2) is 41.0 Å². The Morgan fingerprint density at radius 3 is 2.56 bits per heavy atom. The lowest BCUT2D eigenvalue weighted by Crippen LogP contribution is -2.49. The predicted molar refractivity (Wildman–Crippen MR) is 93.0 cm³/mol. The number of guanidine groups is 1. The second kappa shape index (κ2) is 10.2. The van der Waals surface area contributed by atoms with Gasteiger partial charge in [-0.15, -0.1) is 0 Å². The van der Waals surface area contributed by atoms with Crippen LogP contribution in [0.2, 0.25) is 0 Å². The van der Waals surface area contributed by atoms with Gasteiger partial charge in [0.25, 0.3) is 5.96 Å². The van der Waals surface area contributed by atoms with Gasteiger partial charge in [-0.2, -0.15) is 0 Å². The van der Waals surface area contributed by atoms with Gasteiger partial charge in [0, 0.05) is 0 Å². The Kier molecular flexibility index (Phi) is 8.30. The molecule has 0 fully saturated rings. The highest BCUT2D eigenvalue weighted by atomic mass is 16.7. The van der Waals surface area contributed by atoms with Crippen LogP contribution in [-0.2, 0) is 11.3 Å². The van der Waals surface area contributed by atoms with Crippen molar-refractivity contribution < 1.29 is 14.6 Å². The summed E-state index contributed by atoms with van der Waals surface area (Å²) in [5.74, 6) is -0.395. The number of nitrogens with two attached hydrogens (primary N) is 3. The van der Waals surface area contributed by atoms with E-state index in [-0.39, 0.29) is 6.54 Å². The molecule has 1 rings (SSSR count). The van der Waals surface area contributed by atoms with Crippen molar-refractivity contribution in [3.8, 4) is 5.75 Å². The fourth-order valence-electron chi connectivity index (χ4n) is 2.11. The van der Waals surface area contributed by atoms with Gasteiger partial charge in [-0.1, -0.05) is 12.1 Å². The summed E-state index contributed by atoms with van der Waals surface area (Å²) in [6.45, 7) is 2.79. The lowest BCUT2D eigenvalue weighted by Gasteiger charge is -2.23. The minimum atomic E-state index is -0.959. The van der Waals surface area contributed by atoms with E-state index in [4.69, 9.17) is 21.9 Å². The van der Waals surface area contributed by atoms with Gasteiger partial charge in [-0.25, -0.2) is 10.1 Å². The van der Waals surface area contributed by atoms with E-state index in [1.165, 1.54) is 0 Å². The second-order valence-electron chi connectivity index (χ2n) is 5.23. The van der Waals surface area contributed by atoms with Crippen LogP contribution in [0.5, 0.6) is 5.75 Å². The van der Waals surface area contributed by atoms with Crippen molar-refractivity contribution in [2.45, 2.75) is 32.4 Å². The fraction of sp³-hybridized carbons (Fsp3) is 0.467. The summed E-state index contributed by atoms with van der Waals surface area (Å²) >= 11 is 0. The van der Waals surface area contributed by atoms with E-state index >= 15 is 0 Å². The number of carbonyl (C=O) groups is 1. The minimum absolute atomic E-state index is 0.00470. The Labute approximate surface area is 145 Å². The normalized spacial score (nSPS) is 12.5. The van der Waals surface area contributed by atoms with E-state index in [0.29, 0.717) is 37.3 Å². The topological polar surface area (TPSA) is 163 Å². The zero-order valence-electron chi connectivity index (χ0n) is 14.1. The lowest BCUT2D eigenvalue weighted by atomic mass is 10.1. The number of ether oxygens (including phenoxy) is 1. The van der Waals surface area contributed by atoms with Crippen LogP contribution in [0.4, 0.5) is 0 Å². The highest BCUT2D eigenvalue weighted by Gasteiger charge is 2.25. The van der Waals surface area contributed by atoms with Crippen LogP contribution in [0.3, 0.4) is 0 Å². The highest BCUT2D eigenvalue weighted by molar-refractivity contribution is 5.98. The number of nitro groups is 1. The SMILES string of the molecule is CCOc1ccc(CN(C(=O)[C@H](N)CCCN)/C(N)=N\[N+](=O)[O-])cc1. The van der Waals surface area contributed by atoms with E-state index < -0.39 is 22.9 Å². The Morgan fingerprint density at radius 2 is 2.04 bits per heavy atom. The molecule has 0 aliphatic carbocycles. The van der Waals surface area contributed by atoms with Gasteiger partial charge in [0.05, 0.1) is 19.2 Å². The summed E-state index contributed by atoms with van der Waals surface area (Å²) < 4.78 is 5.35. The second-order valence-corrected chi connectivity index (χ2v) is 5.23. The van der Waals surface area contributed by atoms with Crippen LogP contribution in [0.1, 0.15) is 25.3 Å². The van der Waals surface area contributed by atoms with E-state index in [1.807, 2.05) is 6.92 Å². The molecular weight excluding hydrogens is 328 g/mol. The highest BCUT2D eigenvalue weighted by Crippen LogP contribution is 2.14. The minimum Gasteiger partial charge on any atom is -0.494 e. The molecule has 1 atom stereocenters. The molecule has 0 aromatic heterocycles. The van der Waals surface area contributed by atoms with Gasteiger partial charge >= 0.3 is 0 Å². The fourth-order valence-corrected chi connectivity index (χ4v) is 2.11. The molecule has 6 N–H and O–H groups in total. The van der Waals surface area contributed by atoms with E-state index in [9.17, 15) is 14.9 Å². The van der Waals surface area contributed by atoms with E-state index in [1.54, 1.807) is 24.3 Å². The maximum Gasteiger partial charge on any atom is 0.275 e. The average molecular weight is 352 g/mol. The first-order valence-corrected chi connectivity index (χ1v) is 7.86. The number of hydrogen-bond donors (Lipinski definition) is 3. The number of benzene rings is 1. The standard InChI is InChI=1S/C15H24N6O4/c1-2-25-12-7-5-11(6-8-12)10-20(15(18)19-21(23)24)14(22)13(17)4-3-9-16/h5-8,13H,2-4,9-10,16-17H2,1H3,(H2,18,19)/t13-/m1/s1. The molecule has 25 heavy (non-hydrogen) atoms. The zero-order valence-corrected chi connectivity index (χ0v) is 14.1. The monoisotopic (exact) mass is 352 g/mol. The summed E-state index contributed by atoms with van der Waals surface area (Å²) in [6, 6.07) is 6.06. The Bertz CT molecular complexity index is 605. The van der Waals surface area contributed by atoms with Crippen molar-refractivity contribution in [1.29, 1.82) is 0 Å². The summed E-state index contributed by atoms with van der Waals surface area (Å²) in [7, 11) is 0. The van der Waals surface area contributed by atoms with Crippen molar-refractivity contribution in [2.24, 2.45) is 22.3 Å². The van der Waals surface area contributed by atoms with Gasteiger partial charge in [-0.3, -0.25) is 9.69 Å². The molecule has 0 heterocycles. The molecule has 0 saturated carbocycles. The predicted octanol–water partition coefficient (Wildman–Crippen LogP) is -0.0135. The van der Waals surface area contributed by atoms with Gasteiger partial charge < -0.3 is 21.9 Å². The number of nitrogens with zero attached hydrogens (tertiary/aromatic N) is 3. The number of hydrogen-bond acceptors (Lipinski definition) is 6. The summed E-state index contributed by atoms with van der Waals surface area (Å²) in [4.78, 5) is 24.1. The molecular formula is C15H24N6O4. The average Bonchev–Trinajstić information content (AvgIpc) is 2.57. The Hall–Kier alpha value is -2.72. The van der Waals surface area contributed by atoms with Gasteiger partial charge in [0.2, 0.25) is 5.91 Å². The molecule has 0 spiro atoms. The first-order chi connectivity index (χ1) is 11.9. The maximum atomic E-state index is 12.5. The first kappa shape index (κ1) is 20.3. The molecule has 10 heteroatoms. The van der Waals surface area contributed by atoms with Gasteiger partial charge in [0.1, 0.15) is 10.9 Å². The molecule has 10 nitrogen and oxygen atoms in total. The van der Waals surface area contributed by atoms with Gasteiger partial charge in [-0.05, 0) is 44.0 Å². The Balaban J connectivity index is 2.97. The number of hydrazone groups is 1. The molecule has 0 bridgehead atoms. The van der Waals surface area contributed by atoms with Crippen LogP contribution in [0.25, 0.3) is 0 Å². The molecule has 0 saturated heterocycles. The smallest absolute Gasteiger partial charge is 0.275 e. The molecule has 0 aliphatic rings. The molecule has 0 unspecified atom stereocenters. The van der Waals surface area contributed by atoms with Crippen LogP contribution in [0, 0.1) is 10.1 Å². The third-order valence-electron chi connectivity index (χ3n) is 3.34. The quantitative estimate of drug-likeness (QED) is 0.243. The molecule has 0 aliphatic heterocycles. The molecule has 0 radical (unpaired) electrons. The maximum absolute atomic E-state index is 12.5. The Morgan fingerprint density at radius 1 is 1.40 bits per heavy atom. The van der Waals surface area contributed by atoms with Crippen molar-refractivity contribution in [2.75, 3.05) is 13.2 Å². The molecule has 1 amide bonds. The lowest BCUT2D eigenvalue weighted by molar-refractivity contribution is -0.485. The number of rotatable bonds is 9. The summed E-state index contributed by atoms with van der Waals surface area (Å²) in [5.41, 5.74) is 17.6. The largest absolute Gasteiger partial charge is 0.494 e. The van der Waals surface area contributed by atoms with Crippen molar-refractivity contribution >= 4 is 11.9 Å². The molecule has 1 aromatic rings. The molecule has 1 aromatic carbocycles. The van der Waals surface area contributed by atoms with Crippen LogP contribution < -0.4 is 21.9 Å². The van der Waals surface area contributed by atoms with E-state index in [0.717, 1.165) is 4.90 Å². The number of amides is 1. The van der Waals surface area contributed by atoms with Gasteiger partial charge in [0.15, 0.2) is 5.03 Å². The zero-order chi connectivity index (χ0) is 18.8. The summed E-state index contributed by atoms with van der Waals surface area (Å²) in [6.07, 6.45) is 0.900. The third-order valence-corrected chi connectivity index (χ3v) is 3.34. The summed E-state index contributed by atoms with van der Waals surface area (Å²) in [5, 5.41) is 12.6. The third kappa shape index (κ3) is 6.73. The van der Waals surface area contributed by atoms with Crippen LogP contribution >= 0.6 is 0 Å². The van der Waals surface area contributed by atoms with E-state index in [2.05, 4.69) is 5.10 Å². The molecule has 138 valence electrons. The van der Waals surface area contributed by atoms with Crippen molar-refractivity contribution in [3.05, 3.63) is 39.9 Å². The van der Waals surface area contributed by atoms with Crippen LogP contribution in [0.15, 0.2) is 29.4 Å².